The maximum absolute atomic E-state index is 14.3. The smallest absolute Gasteiger partial charge is 0.297 e. The molecule has 2 aromatic carbocycles. The molecule has 0 spiro atoms. The van der Waals surface area contributed by atoms with Crippen LogP contribution in [0.25, 0.3) is 11.2 Å². The van der Waals surface area contributed by atoms with E-state index < -0.39 is 11.2 Å². The lowest BCUT2D eigenvalue weighted by molar-refractivity contribution is 0.600. The Kier molecular flexibility index (Phi) is 4.73. The summed E-state index contributed by atoms with van der Waals surface area (Å²) < 4.78 is 18.6. The van der Waals surface area contributed by atoms with Crippen LogP contribution in [0.15, 0.2) is 69.3 Å². The van der Waals surface area contributed by atoms with Gasteiger partial charge in [-0.05, 0) is 18.6 Å². The minimum Gasteiger partial charge on any atom is -0.297 e. The van der Waals surface area contributed by atoms with E-state index in [2.05, 4.69) is 10.1 Å². The van der Waals surface area contributed by atoms with Crippen LogP contribution in [0.1, 0.15) is 18.1 Å². The summed E-state index contributed by atoms with van der Waals surface area (Å²) in [5, 5.41) is 6.10. The Morgan fingerprint density at radius 1 is 1.00 bits per heavy atom. The summed E-state index contributed by atoms with van der Waals surface area (Å²) >= 11 is 0. The molecule has 0 amide bonds. The first-order valence-electron chi connectivity index (χ1n) is 10.2. The Bertz CT molecular complexity index is 1480. The van der Waals surface area contributed by atoms with Gasteiger partial charge in [0.15, 0.2) is 11.2 Å². The molecule has 1 aliphatic heterocycles. The molecule has 8 nitrogen and oxygen atoms in total. The molecule has 0 N–H and O–H groups in total. The van der Waals surface area contributed by atoms with Gasteiger partial charge in [-0.15, -0.1) is 0 Å². The lowest BCUT2D eigenvalue weighted by atomic mass is 10.2. The normalized spacial score (nSPS) is 13.3. The number of hydrazone groups is 1. The molecular formula is C23H21FN6O2. The molecule has 0 saturated heterocycles. The van der Waals surface area contributed by atoms with Crippen LogP contribution in [0.2, 0.25) is 0 Å². The summed E-state index contributed by atoms with van der Waals surface area (Å²) in [4.78, 5) is 31.0. The molecule has 0 radical (unpaired) electrons. The largest absolute Gasteiger partial charge is 0.332 e. The maximum Gasteiger partial charge on any atom is 0.332 e. The van der Waals surface area contributed by atoms with Crippen LogP contribution in [0, 0.1) is 5.82 Å². The minimum atomic E-state index is -0.444. The third-order valence-corrected chi connectivity index (χ3v) is 5.58. The molecule has 4 aromatic rings. The van der Waals surface area contributed by atoms with Gasteiger partial charge in [-0.3, -0.25) is 18.5 Å². The molecule has 9 heteroatoms. The SMILES string of the molecule is CC1=NN(Cc2ccccc2F)c2nc3c(c(=O)n(Cc4ccccc4)c(=O)n3C)n2C1. The average molecular weight is 432 g/mol. The second-order valence-corrected chi connectivity index (χ2v) is 7.87. The first-order chi connectivity index (χ1) is 15.4. The second-order valence-electron chi connectivity index (χ2n) is 7.87. The number of anilines is 1. The zero-order chi connectivity index (χ0) is 22.4. The van der Waals surface area contributed by atoms with Crippen LogP contribution in [-0.2, 0) is 26.7 Å². The van der Waals surface area contributed by atoms with Crippen molar-refractivity contribution in [3.05, 3.63) is 92.4 Å². The monoisotopic (exact) mass is 432 g/mol. The fraction of sp³-hybridized carbons (Fsp3) is 0.217. The molecule has 0 aliphatic carbocycles. The number of aromatic nitrogens is 4. The molecule has 0 saturated carbocycles. The van der Waals surface area contributed by atoms with Crippen molar-refractivity contribution in [3.8, 4) is 0 Å². The maximum atomic E-state index is 14.3. The number of aryl methyl sites for hydroxylation is 1. The van der Waals surface area contributed by atoms with Crippen molar-refractivity contribution in [3.63, 3.8) is 0 Å². The van der Waals surface area contributed by atoms with Gasteiger partial charge in [-0.1, -0.05) is 48.5 Å². The van der Waals surface area contributed by atoms with Gasteiger partial charge in [-0.25, -0.2) is 14.2 Å². The van der Waals surface area contributed by atoms with Gasteiger partial charge in [0.25, 0.3) is 5.56 Å². The predicted octanol–water partition coefficient (Wildman–Crippen LogP) is 2.48. The molecule has 3 heterocycles. The third-order valence-electron chi connectivity index (χ3n) is 5.58. The molecular weight excluding hydrogens is 411 g/mol. The number of hydrogen-bond acceptors (Lipinski definition) is 5. The predicted molar refractivity (Wildman–Crippen MR) is 120 cm³/mol. The highest BCUT2D eigenvalue weighted by molar-refractivity contribution is 5.87. The van der Waals surface area contributed by atoms with Gasteiger partial charge in [0.1, 0.15) is 5.82 Å². The number of fused-ring (bicyclic) bond motifs is 3. The van der Waals surface area contributed by atoms with Gasteiger partial charge in [-0.2, -0.15) is 10.1 Å². The summed E-state index contributed by atoms with van der Waals surface area (Å²) in [6.07, 6.45) is 0. The average Bonchev–Trinajstić information content (AvgIpc) is 3.17. The highest BCUT2D eigenvalue weighted by Crippen LogP contribution is 2.25. The summed E-state index contributed by atoms with van der Waals surface area (Å²) in [6, 6.07) is 15.8. The quantitative estimate of drug-likeness (QED) is 0.497. The van der Waals surface area contributed by atoms with E-state index in [-0.39, 0.29) is 24.6 Å². The second kappa shape index (κ2) is 7.60. The van der Waals surface area contributed by atoms with Crippen LogP contribution < -0.4 is 16.3 Å². The zero-order valence-corrected chi connectivity index (χ0v) is 17.7. The van der Waals surface area contributed by atoms with Crippen molar-refractivity contribution in [2.75, 3.05) is 5.01 Å². The Hall–Kier alpha value is -4.01. The van der Waals surface area contributed by atoms with Crippen LogP contribution in [-0.4, -0.2) is 24.4 Å². The number of halogens is 1. The molecule has 0 unspecified atom stereocenters. The number of hydrogen-bond donors (Lipinski definition) is 0. The van der Waals surface area contributed by atoms with Gasteiger partial charge in [0, 0.05) is 12.6 Å². The van der Waals surface area contributed by atoms with E-state index in [1.807, 2.05) is 37.3 Å². The number of nitrogens with zero attached hydrogens (tertiary/aromatic N) is 6. The highest BCUT2D eigenvalue weighted by Gasteiger charge is 2.27. The standard InChI is InChI=1S/C23H21FN6O2/c1-15-12-28-19-20(25-22(28)30(26-15)14-17-10-6-7-11-18(17)24)27(2)23(32)29(21(19)31)13-16-8-4-3-5-9-16/h3-11H,12-14H2,1-2H3. The van der Waals surface area contributed by atoms with Gasteiger partial charge in [0.05, 0.1) is 25.3 Å². The fourth-order valence-electron chi connectivity index (χ4n) is 4.02. The van der Waals surface area contributed by atoms with Crippen molar-refractivity contribution < 1.29 is 4.39 Å². The minimum absolute atomic E-state index is 0.152. The molecule has 162 valence electrons. The van der Waals surface area contributed by atoms with Gasteiger partial charge >= 0.3 is 5.69 Å². The molecule has 0 atom stereocenters. The first kappa shape index (κ1) is 19.9. The van der Waals surface area contributed by atoms with Crippen LogP contribution in [0.3, 0.4) is 0 Å². The van der Waals surface area contributed by atoms with Crippen molar-refractivity contribution in [2.45, 2.75) is 26.6 Å². The number of rotatable bonds is 4. The van der Waals surface area contributed by atoms with Crippen LogP contribution in [0.5, 0.6) is 0 Å². The number of benzene rings is 2. The Labute approximate surface area is 182 Å². The summed E-state index contributed by atoms with van der Waals surface area (Å²) in [6.45, 7) is 2.51. The van der Waals surface area contributed by atoms with Gasteiger partial charge < -0.3 is 0 Å². The van der Waals surface area contributed by atoms with Crippen molar-refractivity contribution >= 4 is 22.8 Å². The third kappa shape index (κ3) is 3.22. The van der Waals surface area contributed by atoms with Crippen molar-refractivity contribution in [2.24, 2.45) is 12.1 Å². The lowest BCUT2D eigenvalue weighted by Gasteiger charge is -2.25. The van der Waals surface area contributed by atoms with Crippen LogP contribution in [0.4, 0.5) is 10.3 Å². The zero-order valence-electron chi connectivity index (χ0n) is 17.7. The fourth-order valence-corrected chi connectivity index (χ4v) is 4.02. The topological polar surface area (TPSA) is 77.4 Å². The number of imidazole rings is 1. The van der Waals surface area contributed by atoms with E-state index in [1.54, 1.807) is 34.8 Å². The van der Waals surface area contributed by atoms with E-state index in [9.17, 15) is 14.0 Å². The van der Waals surface area contributed by atoms with Crippen molar-refractivity contribution in [1.29, 1.82) is 0 Å². The van der Waals surface area contributed by atoms with E-state index in [0.717, 1.165) is 11.3 Å². The lowest BCUT2D eigenvalue weighted by Crippen LogP contribution is -2.40. The molecule has 0 fully saturated rings. The molecule has 0 bridgehead atoms. The van der Waals surface area contributed by atoms with E-state index in [0.29, 0.717) is 23.6 Å². The summed E-state index contributed by atoms with van der Waals surface area (Å²) in [7, 11) is 1.60. The van der Waals surface area contributed by atoms with E-state index in [1.165, 1.54) is 15.2 Å². The Balaban J connectivity index is 1.67. The highest BCUT2D eigenvalue weighted by atomic mass is 19.1. The van der Waals surface area contributed by atoms with Crippen molar-refractivity contribution in [1.82, 2.24) is 18.7 Å². The molecule has 5 rings (SSSR count). The molecule has 1 aliphatic rings. The summed E-state index contributed by atoms with van der Waals surface area (Å²) in [5.74, 6) is 0.0598. The molecule has 2 aromatic heterocycles. The first-order valence-corrected chi connectivity index (χ1v) is 10.2. The summed E-state index contributed by atoms with van der Waals surface area (Å²) in [5.41, 5.74) is 1.80. The van der Waals surface area contributed by atoms with E-state index in [4.69, 9.17) is 0 Å². The molecule has 32 heavy (non-hydrogen) atoms. The van der Waals surface area contributed by atoms with Crippen LogP contribution >= 0.6 is 0 Å². The Morgan fingerprint density at radius 2 is 1.72 bits per heavy atom. The Morgan fingerprint density at radius 3 is 2.47 bits per heavy atom. The van der Waals surface area contributed by atoms with E-state index >= 15 is 0 Å². The van der Waals surface area contributed by atoms with Gasteiger partial charge in [0.2, 0.25) is 5.95 Å².